The molecule has 0 radical (unpaired) electrons. The molecule has 0 aliphatic heterocycles. The van der Waals surface area contributed by atoms with Gasteiger partial charge in [0.05, 0.1) is 18.1 Å². The van der Waals surface area contributed by atoms with Crippen LogP contribution >= 0.6 is 0 Å². The van der Waals surface area contributed by atoms with Crippen LogP contribution in [0.15, 0.2) is 17.0 Å². The molecule has 0 aliphatic carbocycles. The van der Waals surface area contributed by atoms with E-state index in [-0.39, 0.29) is 11.5 Å². The quantitative estimate of drug-likeness (QED) is 0.743. The lowest BCUT2D eigenvalue weighted by Gasteiger charge is -2.22. The fourth-order valence-corrected chi connectivity index (χ4v) is 3.94. The Morgan fingerprint density at radius 2 is 1.90 bits per heavy atom. The maximum absolute atomic E-state index is 12.8. The van der Waals surface area contributed by atoms with Crippen molar-refractivity contribution in [1.29, 1.82) is 0 Å². The smallest absolute Gasteiger partial charge is 0.243 e. The summed E-state index contributed by atoms with van der Waals surface area (Å²) in [6, 6.07) is 3.37. The Hall–Kier alpha value is -0.950. The SMILES string of the molecule is CCOCCN(CC)S(=O)(=O)c1cc(CO)cc(C)c1C. The summed E-state index contributed by atoms with van der Waals surface area (Å²) in [7, 11) is -3.58. The third-order valence-electron chi connectivity index (χ3n) is 3.52. The van der Waals surface area contributed by atoms with Gasteiger partial charge in [-0.15, -0.1) is 0 Å². The molecular formula is C15H25NO4S. The number of aliphatic hydroxyl groups excluding tert-OH is 1. The second kappa shape index (κ2) is 7.89. The molecule has 0 atom stereocenters. The summed E-state index contributed by atoms with van der Waals surface area (Å²) in [5, 5.41) is 9.28. The number of nitrogens with zero attached hydrogens (tertiary/aromatic N) is 1. The standard InChI is InChI=1S/C15H25NO4S/c1-5-16(7-8-20-6-2)21(18,19)15-10-14(11-17)9-12(3)13(15)4/h9-10,17H,5-8,11H2,1-4H3. The zero-order valence-electron chi connectivity index (χ0n) is 13.2. The molecule has 1 aromatic rings. The van der Waals surface area contributed by atoms with Crippen LogP contribution in [-0.2, 0) is 21.4 Å². The zero-order chi connectivity index (χ0) is 16.0. The molecule has 0 saturated carbocycles. The predicted molar refractivity (Wildman–Crippen MR) is 82.8 cm³/mol. The highest BCUT2D eigenvalue weighted by molar-refractivity contribution is 7.89. The van der Waals surface area contributed by atoms with Crippen molar-refractivity contribution in [2.45, 2.75) is 39.2 Å². The van der Waals surface area contributed by atoms with E-state index in [0.717, 1.165) is 11.1 Å². The van der Waals surface area contributed by atoms with Crippen molar-refractivity contribution in [3.8, 4) is 0 Å². The Morgan fingerprint density at radius 1 is 1.24 bits per heavy atom. The Balaban J connectivity index is 3.19. The molecule has 1 N–H and O–H groups in total. The van der Waals surface area contributed by atoms with E-state index in [2.05, 4.69) is 0 Å². The topological polar surface area (TPSA) is 66.8 Å². The summed E-state index contributed by atoms with van der Waals surface area (Å²) in [6.45, 7) is 8.81. The first-order valence-electron chi connectivity index (χ1n) is 7.17. The third-order valence-corrected chi connectivity index (χ3v) is 5.62. The van der Waals surface area contributed by atoms with Crippen molar-refractivity contribution < 1.29 is 18.3 Å². The lowest BCUT2D eigenvalue weighted by atomic mass is 10.1. The number of rotatable bonds is 8. The first-order chi connectivity index (χ1) is 9.88. The number of aryl methyl sites for hydroxylation is 1. The Morgan fingerprint density at radius 3 is 2.43 bits per heavy atom. The first-order valence-corrected chi connectivity index (χ1v) is 8.61. The van der Waals surface area contributed by atoms with Crippen molar-refractivity contribution in [1.82, 2.24) is 4.31 Å². The van der Waals surface area contributed by atoms with Crippen LogP contribution in [-0.4, -0.2) is 44.1 Å². The van der Waals surface area contributed by atoms with Crippen LogP contribution in [0.25, 0.3) is 0 Å². The van der Waals surface area contributed by atoms with Gasteiger partial charge in [-0.25, -0.2) is 8.42 Å². The van der Waals surface area contributed by atoms with Crippen LogP contribution in [0.5, 0.6) is 0 Å². The van der Waals surface area contributed by atoms with Gasteiger partial charge in [-0.1, -0.05) is 13.0 Å². The largest absolute Gasteiger partial charge is 0.392 e. The van der Waals surface area contributed by atoms with E-state index in [9.17, 15) is 13.5 Å². The third kappa shape index (κ3) is 4.26. The maximum atomic E-state index is 12.8. The molecule has 0 aliphatic rings. The lowest BCUT2D eigenvalue weighted by Crippen LogP contribution is -2.34. The van der Waals surface area contributed by atoms with Gasteiger partial charge in [0.15, 0.2) is 0 Å². The maximum Gasteiger partial charge on any atom is 0.243 e. The summed E-state index contributed by atoms with van der Waals surface area (Å²) in [4.78, 5) is 0.268. The highest BCUT2D eigenvalue weighted by Gasteiger charge is 2.25. The van der Waals surface area contributed by atoms with Crippen LogP contribution in [0.3, 0.4) is 0 Å². The zero-order valence-corrected chi connectivity index (χ0v) is 14.0. The average molecular weight is 315 g/mol. The average Bonchev–Trinajstić information content (AvgIpc) is 2.45. The van der Waals surface area contributed by atoms with E-state index >= 15 is 0 Å². The molecule has 1 aromatic carbocycles. The normalized spacial score (nSPS) is 12.1. The van der Waals surface area contributed by atoms with Crippen molar-refractivity contribution in [2.75, 3.05) is 26.3 Å². The van der Waals surface area contributed by atoms with E-state index in [4.69, 9.17) is 4.74 Å². The number of hydrogen-bond donors (Lipinski definition) is 1. The molecule has 120 valence electrons. The van der Waals surface area contributed by atoms with E-state index < -0.39 is 10.0 Å². The molecule has 6 heteroatoms. The highest BCUT2D eigenvalue weighted by atomic mass is 32.2. The van der Waals surface area contributed by atoms with Crippen LogP contribution in [0, 0.1) is 13.8 Å². The second-order valence-corrected chi connectivity index (χ2v) is 6.79. The van der Waals surface area contributed by atoms with Crippen LogP contribution < -0.4 is 0 Å². The van der Waals surface area contributed by atoms with Crippen LogP contribution in [0.1, 0.15) is 30.5 Å². The summed E-state index contributed by atoms with van der Waals surface area (Å²) in [5.74, 6) is 0. The van der Waals surface area contributed by atoms with Crippen LogP contribution in [0.4, 0.5) is 0 Å². The first kappa shape index (κ1) is 18.1. The Kier molecular flexibility index (Phi) is 6.80. The van der Waals surface area contributed by atoms with Gasteiger partial charge in [-0.3, -0.25) is 0 Å². The van der Waals surface area contributed by atoms with E-state index in [1.54, 1.807) is 13.0 Å². The monoisotopic (exact) mass is 315 g/mol. The molecule has 0 heterocycles. The van der Waals surface area contributed by atoms with Crippen molar-refractivity contribution in [3.63, 3.8) is 0 Å². The Bertz CT molecular complexity index is 569. The number of likely N-dealkylation sites (N-methyl/N-ethyl adjacent to an activating group) is 1. The predicted octanol–water partition coefficient (Wildman–Crippen LogP) is 1.84. The minimum atomic E-state index is -3.58. The minimum Gasteiger partial charge on any atom is -0.392 e. The molecular weight excluding hydrogens is 290 g/mol. The molecule has 0 aromatic heterocycles. The molecule has 0 unspecified atom stereocenters. The van der Waals surface area contributed by atoms with Crippen molar-refractivity contribution in [2.24, 2.45) is 0 Å². The molecule has 5 nitrogen and oxygen atoms in total. The molecule has 0 bridgehead atoms. The van der Waals surface area contributed by atoms with Crippen molar-refractivity contribution >= 4 is 10.0 Å². The fraction of sp³-hybridized carbons (Fsp3) is 0.600. The van der Waals surface area contributed by atoms with Gasteiger partial charge in [0, 0.05) is 19.7 Å². The molecule has 1 rings (SSSR count). The van der Waals surface area contributed by atoms with Gasteiger partial charge < -0.3 is 9.84 Å². The number of benzene rings is 1. The van der Waals surface area contributed by atoms with Gasteiger partial charge >= 0.3 is 0 Å². The molecule has 0 saturated heterocycles. The number of hydrogen-bond acceptors (Lipinski definition) is 4. The molecule has 21 heavy (non-hydrogen) atoms. The van der Waals surface area contributed by atoms with E-state index in [1.165, 1.54) is 4.31 Å². The second-order valence-electron chi connectivity index (χ2n) is 4.89. The van der Waals surface area contributed by atoms with Gasteiger partial charge in [-0.2, -0.15) is 4.31 Å². The highest BCUT2D eigenvalue weighted by Crippen LogP contribution is 2.24. The van der Waals surface area contributed by atoms with Gasteiger partial charge in [0.25, 0.3) is 0 Å². The fourth-order valence-electron chi connectivity index (χ4n) is 2.16. The van der Waals surface area contributed by atoms with Gasteiger partial charge in [0.1, 0.15) is 0 Å². The molecule has 0 spiro atoms. The number of sulfonamides is 1. The summed E-state index contributed by atoms with van der Waals surface area (Å²) >= 11 is 0. The summed E-state index contributed by atoms with van der Waals surface area (Å²) in [6.07, 6.45) is 0. The molecule has 0 fully saturated rings. The van der Waals surface area contributed by atoms with Gasteiger partial charge in [0.2, 0.25) is 10.0 Å². The van der Waals surface area contributed by atoms with Crippen molar-refractivity contribution in [3.05, 3.63) is 28.8 Å². The van der Waals surface area contributed by atoms with Crippen LogP contribution in [0.2, 0.25) is 0 Å². The van der Waals surface area contributed by atoms with Gasteiger partial charge in [-0.05, 0) is 43.5 Å². The minimum absolute atomic E-state index is 0.172. The summed E-state index contributed by atoms with van der Waals surface area (Å²) < 4.78 is 32.2. The number of aliphatic hydroxyl groups is 1. The van der Waals surface area contributed by atoms with E-state index in [0.29, 0.717) is 31.9 Å². The van der Waals surface area contributed by atoms with E-state index in [1.807, 2.05) is 26.8 Å². The Labute approximate surface area is 127 Å². The molecule has 0 amide bonds. The number of ether oxygens (including phenoxy) is 1. The summed E-state index contributed by atoms with van der Waals surface area (Å²) in [5.41, 5.74) is 2.19. The lowest BCUT2D eigenvalue weighted by molar-refractivity contribution is 0.135.